The minimum atomic E-state index is -1.31. The van der Waals surface area contributed by atoms with Gasteiger partial charge in [-0.3, -0.25) is 10.1 Å². The Balaban J connectivity index is 1.95. The van der Waals surface area contributed by atoms with Gasteiger partial charge in [0.25, 0.3) is 17.4 Å². The molecule has 3 aromatic rings. The number of aromatic nitrogens is 1. The molecule has 0 amide bonds. The lowest BCUT2D eigenvalue weighted by atomic mass is 9.81. The van der Waals surface area contributed by atoms with Crippen LogP contribution in [0.4, 0.5) is 5.69 Å². The van der Waals surface area contributed by atoms with Crippen LogP contribution < -0.4 is 4.57 Å². The first-order valence-electron chi connectivity index (χ1n) is 10.4. The molecule has 4 rings (SSSR count). The second kappa shape index (κ2) is 8.74. The van der Waals surface area contributed by atoms with E-state index in [2.05, 4.69) is 0 Å². The number of non-ortho nitro benzene ring substituents is 1. The number of pyridine rings is 1. The summed E-state index contributed by atoms with van der Waals surface area (Å²) in [4.78, 5) is 23.8. The zero-order chi connectivity index (χ0) is 23.6. The van der Waals surface area contributed by atoms with Crippen LogP contribution in [0.3, 0.4) is 0 Å². The molecule has 1 aliphatic rings. The van der Waals surface area contributed by atoms with E-state index in [1.165, 1.54) is 26.0 Å². The van der Waals surface area contributed by atoms with Gasteiger partial charge in [0.05, 0.1) is 10.8 Å². The highest BCUT2D eigenvalue weighted by Gasteiger charge is 2.46. The van der Waals surface area contributed by atoms with Crippen LogP contribution in [0.1, 0.15) is 36.9 Å². The van der Waals surface area contributed by atoms with E-state index in [1.54, 1.807) is 12.1 Å². The predicted octanol–water partition coefficient (Wildman–Crippen LogP) is 4.33. The van der Waals surface area contributed by atoms with Crippen LogP contribution in [-0.2, 0) is 14.3 Å². The number of hydrogen-bond acceptors (Lipinski definition) is 6. The van der Waals surface area contributed by atoms with Gasteiger partial charge in [-0.15, -0.1) is 0 Å². The molecule has 2 heterocycles. The molecule has 2 unspecified atom stereocenters. The van der Waals surface area contributed by atoms with Gasteiger partial charge in [0.1, 0.15) is 5.57 Å². The van der Waals surface area contributed by atoms with Crippen LogP contribution in [0, 0.1) is 10.1 Å². The number of benzene rings is 2. The summed E-state index contributed by atoms with van der Waals surface area (Å²) in [7, 11) is 0. The molecule has 0 bridgehead atoms. The lowest BCUT2D eigenvalue weighted by Gasteiger charge is -2.34. The van der Waals surface area contributed by atoms with Crippen molar-refractivity contribution >= 4 is 11.7 Å². The Kier molecular flexibility index (Phi) is 5.83. The number of hydrogen-bond donors (Lipinski definition) is 1. The van der Waals surface area contributed by atoms with Gasteiger partial charge >= 0.3 is 5.97 Å². The highest BCUT2D eigenvalue weighted by molar-refractivity contribution is 5.91. The van der Waals surface area contributed by atoms with E-state index in [1.807, 2.05) is 65.5 Å². The number of carbonyl (C=O) groups excluding carboxylic acids is 1. The first-order chi connectivity index (χ1) is 15.8. The maximum absolute atomic E-state index is 13.1. The molecular formula is C25H23N2O6+. The first-order valence-corrected chi connectivity index (χ1v) is 10.4. The molecule has 0 fully saturated rings. The molecule has 1 aliphatic heterocycles. The zero-order valence-electron chi connectivity index (χ0n) is 18.1. The number of cyclic esters (lactones) is 1. The summed E-state index contributed by atoms with van der Waals surface area (Å²) < 4.78 is 12.9. The van der Waals surface area contributed by atoms with Gasteiger partial charge in [-0.1, -0.05) is 36.4 Å². The van der Waals surface area contributed by atoms with E-state index >= 15 is 0 Å². The SMILES string of the molecule is CC1(C)OC(=O)C(C(c2ccccc2)C(c2ccc([N+](=O)[O-])cc2)[n+]2ccccc2)=C(O)O1. The number of aliphatic hydroxyl groups is 1. The fourth-order valence-electron chi connectivity index (χ4n) is 4.03. The molecule has 0 saturated carbocycles. The van der Waals surface area contributed by atoms with Gasteiger partial charge in [-0.2, -0.15) is 4.57 Å². The zero-order valence-corrected chi connectivity index (χ0v) is 18.1. The van der Waals surface area contributed by atoms with Gasteiger partial charge in [0.2, 0.25) is 0 Å². The molecule has 33 heavy (non-hydrogen) atoms. The summed E-state index contributed by atoms with van der Waals surface area (Å²) in [5, 5.41) is 22.0. The van der Waals surface area contributed by atoms with Crippen molar-refractivity contribution in [2.24, 2.45) is 0 Å². The normalized spacial score (nSPS) is 17.0. The predicted molar refractivity (Wildman–Crippen MR) is 118 cm³/mol. The third kappa shape index (κ3) is 4.55. The molecular weight excluding hydrogens is 424 g/mol. The minimum absolute atomic E-state index is 0.0276. The second-order valence-electron chi connectivity index (χ2n) is 8.11. The average molecular weight is 447 g/mol. The van der Waals surface area contributed by atoms with Gasteiger partial charge < -0.3 is 14.6 Å². The number of ether oxygens (including phenoxy) is 2. The Bertz CT molecular complexity index is 1190. The number of nitro groups is 1. The van der Waals surface area contributed by atoms with Gasteiger partial charge in [0.15, 0.2) is 18.4 Å². The maximum atomic E-state index is 13.1. The van der Waals surface area contributed by atoms with Crippen molar-refractivity contribution in [2.45, 2.75) is 31.6 Å². The Morgan fingerprint density at radius 3 is 2.09 bits per heavy atom. The summed E-state index contributed by atoms with van der Waals surface area (Å²) in [5.41, 5.74) is 1.36. The summed E-state index contributed by atoms with van der Waals surface area (Å²) >= 11 is 0. The Labute approximate surface area is 190 Å². The second-order valence-corrected chi connectivity index (χ2v) is 8.11. The minimum Gasteiger partial charge on any atom is -0.480 e. The molecule has 0 spiro atoms. The molecule has 2 atom stereocenters. The van der Waals surface area contributed by atoms with Crippen LogP contribution in [0.15, 0.2) is 96.7 Å². The Morgan fingerprint density at radius 2 is 1.52 bits per heavy atom. The molecule has 168 valence electrons. The standard InChI is InChI=1S/C25H22N2O6/c1-25(2)32-23(28)21(24(29)33-25)20(17-9-5-3-6-10-17)22(26-15-7-4-8-16-26)18-11-13-19(14-12-18)27(30)31/h3-16,20,22H,1-2H3/p+1. The lowest BCUT2D eigenvalue weighted by Crippen LogP contribution is -2.46. The number of esters is 1. The monoisotopic (exact) mass is 447 g/mol. The highest BCUT2D eigenvalue weighted by Crippen LogP contribution is 2.41. The van der Waals surface area contributed by atoms with Crippen molar-refractivity contribution < 1.29 is 28.9 Å². The van der Waals surface area contributed by atoms with E-state index in [-0.39, 0.29) is 11.3 Å². The van der Waals surface area contributed by atoms with Crippen molar-refractivity contribution in [1.82, 2.24) is 0 Å². The van der Waals surface area contributed by atoms with Crippen molar-refractivity contribution in [3.05, 3.63) is 118 Å². The molecule has 1 aromatic heterocycles. The highest BCUT2D eigenvalue weighted by atomic mass is 16.8. The largest absolute Gasteiger partial charge is 0.480 e. The van der Waals surface area contributed by atoms with Crippen LogP contribution >= 0.6 is 0 Å². The number of nitro benzene ring substituents is 1. The van der Waals surface area contributed by atoms with Crippen LogP contribution in [0.2, 0.25) is 0 Å². The number of nitrogens with zero attached hydrogens (tertiary/aromatic N) is 2. The van der Waals surface area contributed by atoms with Gasteiger partial charge in [-0.25, -0.2) is 4.79 Å². The van der Waals surface area contributed by atoms with E-state index in [9.17, 15) is 20.0 Å². The smallest absolute Gasteiger partial charge is 0.345 e. The fourth-order valence-corrected chi connectivity index (χ4v) is 4.03. The lowest BCUT2D eigenvalue weighted by molar-refractivity contribution is -0.715. The number of carbonyl (C=O) groups is 1. The van der Waals surface area contributed by atoms with Crippen molar-refractivity contribution in [3.8, 4) is 0 Å². The van der Waals surface area contributed by atoms with Crippen LogP contribution in [0.5, 0.6) is 0 Å². The summed E-state index contributed by atoms with van der Waals surface area (Å²) in [6.45, 7) is 3.07. The topological polar surface area (TPSA) is 103 Å². The molecule has 8 heteroatoms. The van der Waals surface area contributed by atoms with Gasteiger partial charge in [-0.05, 0) is 17.7 Å². The fraction of sp³-hybridized carbons (Fsp3) is 0.200. The molecule has 8 nitrogen and oxygen atoms in total. The molecule has 1 N–H and O–H groups in total. The number of aliphatic hydroxyl groups excluding tert-OH is 1. The van der Waals surface area contributed by atoms with E-state index in [4.69, 9.17) is 9.47 Å². The summed E-state index contributed by atoms with van der Waals surface area (Å²) in [5.74, 6) is -3.23. The summed E-state index contributed by atoms with van der Waals surface area (Å²) in [6.07, 6.45) is 3.66. The third-order valence-electron chi connectivity index (χ3n) is 5.42. The first kappa shape index (κ1) is 22.0. The van der Waals surface area contributed by atoms with Crippen LogP contribution in [-0.4, -0.2) is 21.8 Å². The quantitative estimate of drug-likeness (QED) is 0.261. The number of rotatable bonds is 6. The van der Waals surface area contributed by atoms with Crippen molar-refractivity contribution in [1.29, 1.82) is 0 Å². The molecule has 0 radical (unpaired) electrons. The van der Waals surface area contributed by atoms with Crippen LogP contribution in [0.25, 0.3) is 0 Å². The third-order valence-corrected chi connectivity index (χ3v) is 5.42. The maximum Gasteiger partial charge on any atom is 0.345 e. The molecule has 0 saturated heterocycles. The average Bonchev–Trinajstić information content (AvgIpc) is 2.79. The van der Waals surface area contributed by atoms with Crippen molar-refractivity contribution in [3.63, 3.8) is 0 Å². The Morgan fingerprint density at radius 1 is 0.909 bits per heavy atom. The van der Waals surface area contributed by atoms with E-state index < -0.39 is 34.6 Å². The van der Waals surface area contributed by atoms with Gasteiger partial charge in [0, 0.05) is 43.7 Å². The van der Waals surface area contributed by atoms with Crippen molar-refractivity contribution in [2.75, 3.05) is 0 Å². The Hall–Kier alpha value is -4.20. The molecule has 0 aliphatic carbocycles. The van der Waals surface area contributed by atoms with E-state index in [0.717, 1.165) is 5.56 Å². The van der Waals surface area contributed by atoms with E-state index in [0.29, 0.717) is 5.56 Å². The summed E-state index contributed by atoms with van der Waals surface area (Å²) in [6, 6.07) is 20.3. The molecule has 2 aromatic carbocycles.